The van der Waals surface area contributed by atoms with Gasteiger partial charge in [0, 0.05) is 6.54 Å². The van der Waals surface area contributed by atoms with Crippen molar-refractivity contribution in [1.29, 1.82) is 0 Å². The van der Waals surface area contributed by atoms with E-state index in [-0.39, 0.29) is 0 Å². The topological polar surface area (TPSA) is 69.1 Å². The average Bonchev–Trinajstić information content (AvgIpc) is 2.53. The number of aryl methyl sites for hydroxylation is 1. The minimum Gasteiger partial charge on any atom is -0.324 e. The SMILES string of the molecule is Cc1nnc2sc(CN)nn12. The van der Waals surface area contributed by atoms with Gasteiger partial charge in [-0.25, -0.2) is 0 Å². The molecule has 0 amide bonds. The summed E-state index contributed by atoms with van der Waals surface area (Å²) in [4.78, 5) is 0.808. The molecule has 0 fully saturated rings. The number of hydrogen-bond donors (Lipinski definition) is 1. The van der Waals surface area contributed by atoms with Crippen LogP contribution >= 0.6 is 11.3 Å². The highest BCUT2D eigenvalue weighted by Gasteiger charge is 2.05. The largest absolute Gasteiger partial charge is 0.324 e. The lowest BCUT2D eigenvalue weighted by Crippen LogP contribution is -1.97. The summed E-state index contributed by atoms with van der Waals surface area (Å²) in [7, 11) is 0. The number of nitrogens with two attached hydrogens (primary N) is 1. The summed E-state index contributed by atoms with van der Waals surface area (Å²) in [5.41, 5.74) is 5.41. The second-order valence-electron chi connectivity index (χ2n) is 2.14. The molecule has 2 heterocycles. The number of aromatic nitrogens is 4. The molecule has 0 radical (unpaired) electrons. The summed E-state index contributed by atoms with van der Waals surface area (Å²) in [6.45, 7) is 2.33. The van der Waals surface area contributed by atoms with Crippen molar-refractivity contribution in [1.82, 2.24) is 19.8 Å². The molecule has 0 aliphatic rings. The fourth-order valence-corrected chi connectivity index (χ4v) is 1.59. The molecule has 11 heavy (non-hydrogen) atoms. The van der Waals surface area contributed by atoms with E-state index in [4.69, 9.17) is 5.73 Å². The first-order valence-electron chi connectivity index (χ1n) is 3.19. The van der Waals surface area contributed by atoms with E-state index >= 15 is 0 Å². The van der Waals surface area contributed by atoms with Crippen molar-refractivity contribution in [3.05, 3.63) is 10.8 Å². The van der Waals surface area contributed by atoms with E-state index in [1.165, 1.54) is 11.3 Å². The number of hydrogen-bond acceptors (Lipinski definition) is 5. The van der Waals surface area contributed by atoms with Gasteiger partial charge in [0.1, 0.15) is 5.01 Å². The Bertz CT molecular complexity index is 375. The molecule has 0 spiro atoms. The van der Waals surface area contributed by atoms with Crippen LogP contribution in [0.25, 0.3) is 4.96 Å². The molecule has 0 saturated heterocycles. The monoisotopic (exact) mass is 169 g/mol. The Hall–Kier alpha value is -1.01. The lowest BCUT2D eigenvalue weighted by molar-refractivity contribution is 0.850. The molecule has 5 nitrogen and oxygen atoms in total. The van der Waals surface area contributed by atoms with Crippen LogP contribution in [0, 0.1) is 6.92 Å². The zero-order valence-electron chi connectivity index (χ0n) is 5.98. The van der Waals surface area contributed by atoms with E-state index < -0.39 is 0 Å². The van der Waals surface area contributed by atoms with Crippen LogP contribution in [0.1, 0.15) is 10.8 Å². The Morgan fingerprint density at radius 1 is 1.55 bits per heavy atom. The maximum Gasteiger partial charge on any atom is 0.234 e. The van der Waals surface area contributed by atoms with Crippen molar-refractivity contribution in [2.45, 2.75) is 13.5 Å². The van der Waals surface area contributed by atoms with Gasteiger partial charge in [0.25, 0.3) is 0 Å². The number of nitrogens with zero attached hydrogens (tertiary/aromatic N) is 4. The second-order valence-corrected chi connectivity index (χ2v) is 3.18. The molecule has 2 N–H and O–H groups in total. The van der Waals surface area contributed by atoms with Crippen molar-refractivity contribution >= 4 is 16.3 Å². The minimum atomic E-state index is 0.466. The molecular weight excluding hydrogens is 162 g/mol. The van der Waals surface area contributed by atoms with Crippen LogP contribution < -0.4 is 5.73 Å². The van der Waals surface area contributed by atoms with Gasteiger partial charge >= 0.3 is 0 Å². The summed E-state index contributed by atoms with van der Waals surface area (Å²) < 4.78 is 1.70. The van der Waals surface area contributed by atoms with Crippen LogP contribution in [0.3, 0.4) is 0 Å². The first-order valence-corrected chi connectivity index (χ1v) is 4.00. The van der Waals surface area contributed by atoms with Crippen LogP contribution in [0.4, 0.5) is 0 Å². The van der Waals surface area contributed by atoms with E-state index in [1.807, 2.05) is 6.92 Å². The minimum absolute atomic E-state index is 0.466. The van der Waals surface area contributed by atoms with Crippen molar-refractivity contribution in [3.63, 3.8) is 0 Å². The average molecular weight is 169 g/mol. The highest BCUT2D eigenvalue weighted by atomic mass is 32.1. The van der Waals surface area contributed by atoms with Gasteiger partial charge in [-0.05, 0) is 6.92 Å². The molecule has 0 atom stereocenters. The van der Waals surface area contributed by atoms with E-state index in [1.54, 1.807) is 4.52 Å². The Balaban J connectivity index is 2.70. The Labute approximate surface area is 66.9 Å². The number of fused-ring (bicyclic) bond motifs is 1. The normalized spacial score (nSPS) is 11.1. The molecule has 6 heteroatoms. The summed E-state index contributed by atoms with van der Waals surface area (Å²) >= 11 is 1.47. The Morgan fingerprint density at radius 3 is 3.00 bits per heavy atom. The molecule has 0 unspecified atom stereocenters. The molecule has 2 rings (SSSR count). The predicted molar refractivity (Wildman–Crippen MR) is 41.3 cm³/mol. The van der Waals surface area contributed by atoms with Crippen LogP contribution in [0.5, 0.6) is 0 Å². The molecule has 2 aromatic heterocycles. The van der Waals surface area contributed by atoms with Gasteiger partial charge in [-0.3, -0.25) is 0 Å². The molecule has 0 bridgehead atoms. The van der Waals surface area contributed by atoms with E-state index in [2.05, 4.69) is 15.3 Å². The van der Waals surface area contributed by atoms with Gasteiger partial charge in [-0.15, -0.1) is 10.2 Å². The van der Waals surface area contributed by atoms with E-state index in [0.717, 1.165) is 15.8 Å². The van der Waals surface area contributed by atoms with Crippen molar-refractivity contribution in [2.24, 2.45) is 5.73 Å². The Kier molecular flexibility index (Phi) is 1.36. The maximum absolute atomic E-state index is 5.41. The van der Waals surface area contributed by atoms with Gasteiger partial charge in [0.2, 0.25) is 4.96 Å². The molecule has 58 valence electrons. The molecule has 0 aromatic carbocycles. The molecular formula is C5H7N5S. The Morgan fingerprint density at radius 2 is 2.36 bits per heavy atom. The first-order chi connectivity index (χ1) is 5.31. The maximum atomic E-state index is 5.41. The van der Waals surface area contributed by atoms with Gasteiger partial charge in [-0.1, -0.05) is 11.3 Å². The molecule has 2 aromatic rings. The second kappa shape index (κ2) is 2.24. The smallest absolute Gasteiger partial charge is 0.234 e. The lowest BCUT2D eigenvalue weighted by Gasteiger charge is -1.82. The lowest BCUT2D eigenvalue weighted by atomic mass is 10.7. The molecule has 0 aliphatic heterocycles. The third-order valence-corrected chi connectivity index (χ3v) is 2.28. The highest BCUT2D eigenvalue weighted by molar-refractivity contribution is 7.16. The van der Waals surface area contributed by atoms with Crippen LogP contribution in [0.15, 0.2) is 0 Å². The van der Waals surface area contributed by atoms with E-state index in [0.29, 0.717) is 6.54 Å². The summed E-state index contributed by atoms with van der Waals surface area (Å²) in [6, 6.07) is 0. The van der Waals surface area contributed by atoms with Crippen molar-refractivity contribution in [2.75, 3.05) is 0 Å². The quantitative estimate of drug-likeness (QED) is 0.650. The molecule has 0 aliphatic carbocycles. The zero-order chi connectivity index (χ0) is 7.84. The van der Waals surface area contributed by atoms with Crippen LogP contribution in [0.2, 0.25) is 0 Å². The first kappa shape index (κ1) is 6.68. The highest BCUT2D eigenvalue weighted by Crippen LogP contribution is 2.11. The van der Waals surface area contributed by atoms with Crippen molar-refractivity contribution in [3.8, 4) is 0 Å². The van der Waals surface area contributed by atoms with Crippen LogP contribution in [-0.2, 0) is 6.54 Å². The van der Waals surface area contributed by atoms with Gasteiger partial charge < -0.3 is 5.73 Å². The standard InChI is InChI=1S/C5H7N5S/c1-3-7-8-5-10(3)9-4(2-6)11-5/h2,6H2,1H3. The zero-order valence-corrected chi connectivity index (χ0v) is 6.80. The van der Waals surface area contributed by atoms with Gasteiger partial charge in [0.15, 0.2) is 5.82 Å². The third kappa shape index (κ3) is 0.908. The fraction of sp³-hybridized carbons (Fsp3) is 0.400. The third-order valence-electron chi connectivity index (χ3n) is 1.36. The van der Waals surface area contributed by atoms with Gasteiger partial charge in [0.05, 0.1) is 0 Å². The summed E-state index contributed by atoms with van der Waals surface area (Å²) in [6.07, 6.45) is 0. The summed E-state index contributed by atoms with van der Waals surface area (Å²) in [5.74, 6) is 0.802. The van der Waals surface area contributed by atoms with Crippen LogP contribution in [-0.4, -0.2) is 19.8 Å². The van der Waals surface area contributed by atoms with Gasteiger partial charge in [-0.2, -0.15) is 9.61 Å². The fourth-order valence-electron chi connectivity index (χ4n) is 0.837. The summed E-state index contributed by atoms with van der Waals surface area (Å²) in [5, 5.41) is 12.8. The number of rotatable bonds is 1. The predicted octanol–water partition coefficient (Wildman–Crippen LogP) is -0.0471. The van der Waals surface area contributed by atoms with Crippen molar-refractivity contribution < 1.29 is 0 Å². The van der Waals surface area contributed by atoms with E-state index in [9.17, 15) is 0 Å². The molecule has 0 saturated carbocycles.